The van der Waals surface area contributed by atoms with Crippen LogP contribution in [0, 0.1) is 0 Å². The van der Waals surface area contributed by atoms with Crippen molar-refractivity contribution >= 4 is 6.08 Å². The van der Waals surface area contributed by atoms with Crippen molar-refractivity contribution in [3.8, 4) is 28.0 Å². The molecule has 0 aliphatic rings. The maximum atomic E-state index is 5.23. The Kier molecular flexibility index (Phi) is 5.35. The van der Waals surface area contributed by atoms with Crippen LogP contribution in [0.1, 0.15) is 24.5 Å². The zero-order valence-electron chi connectivity index (χ0n) is 15.0. The lowest BCUT2D eigenvalue weighted by atomic mass is 9.93. The van der Waals surface area contributed by atoms with Gasteiger partial charge in [-0.15, -0.1) is 0 Å². The average molecular weight is 328 g/mol. The van der Waals surface area contributed by atoms with Gasteiger partial charge >= 0.3 is 0 Å². The van der Waals surface area contributed by atoms with E-state index in [1.807, 2.05) is 18.2 Å². The first-order chi connectivity index (χ1) is 12.2. The number of ether oxygens (including phenoxy) is 1. The predicted octanol–water partition coefficient (Wildman–Crippen LogP) is 6.62. The third-order valence-electron chi connectivity index (χ3n) is 4.50. The summed E-state index contributed by atoms with van der Waals surface area (Å²) in [4.78, 5) is 0. The number of aryl methyl sites for hydroxylation is 1. The van der Waals surface area contributed by atoms with Crippen molar-refractivity contribution in [3.63, 3.8) is 0 Å². The standard InChI is InChI=1S/C24H24O/c1-4-6-22-17-18(5-2)7-16-24(22)21-10-8-19(9-11-21)20-12-14-23(25-3)15-13-20/h5,7-17H,2,4,6H2,1,3H3. The highest BCUT2D eigenvalue weighted by atomic mass is 16.5. The molecule has 3 aromatic carbocycles. The van der Waals surface area contributed by atoms with Crippen LogP contribution in [0.3, 0.4) is 0 Å². The van der Waals surface area contributed by atoms with Gasteiger partial charge in [-0.25, -0.2) is 0 Å². The molecule has 0 aliphatic carbocycles. The summed E-state index contributed by atoms with van der Waals surface area (Å²) in [5, 5.41) is 0. The molecule has 126 valence electrons. The van der Waals surface area contributed by atoms with E-state index in [0.717, 1.165) is 18.6 Å². The molecule has 25 heavy (non-hydrogen) atoms. The summed E-state index contributed by atoms with van der Waals surface area (Å²) in [6.45, 7) is 6.10. The van der Waals surface area contributed by atoms with Crippen molar-refractivity contribution in [1.29, 1.82) is 0 Å². The van der Waals surface area contributed by atoms with Crippen molar-refractivity contribution in [2.24, 2.45) is 0 Å². The van der Waals surface area contributed by atoms with E-state index in [9.17, 15) is 0 Å². The van der Waals surface area contributed by atoms with Crippen LogP contribution < -0.4 is 4.74 Å². The molecule has 3 aromatic rings. The van der Waals surface area contributed by atoms with Gasteiger partial charge in [0.25, 0.3) is 0 Å². The van der Waals surface area contributed by atoms with Crippen LogP contribution >= 0.6 is 0 Å². The molecule has 0 aliphatic heterocycles. The van der Waals surface area contributed by atoms with Crippen LogP contribution in [0.4, 0.5) is 0 Å². The fraction of sp³-hybridized carbons (Fsp3) is 0.167. The summed E-state index contributed by atoms with van der Waals surface area (Å²) in [7, 11) is 1.69. The monoisotopic (exact) mass is 328 g/mol. The van der Waals surface area contributed by atoms with Crippen LogP contribution in [0.25, 0.3) is 28.3 Å². The third-order valence-corrected chi connectivity index (χ3v) is 4.50. The quantitative estimate of drug-likeness (QED) is 0.494. The van der Waals surface area contributed by atoms with E-state index in [2.05, 4.69) is 68.1 Å². The van der Waals surface area contributed by atoms with Crippen LogP contribution in [0.2, 0.25) is 0 Å². The molecule has 0 amide bonds. The lowest BCUT2D eigenvalue weighted by Crippen LogP contribution is -1.91. The summed E-state index contributed by atoms with van der Waals surface area (Å²) in [6.07, 6.45) is 4.13. The topological polar surface area (TPSA) is 9.23 Å². The van der Waals surface area contributed by atoms with Crippen molar-refractivity contribution in [3.05, 3.63) is 84.4 Å². The smallest absolute Gasteiger partial charge is 0.118 e. The molecule has 3 rings (SSSR count). The van der Waals surface area contributed by atoms with Gasteiger partial charge in [-0.1, -0.05) is 80.6 Å². The van der Waals surface area contributed by atoms with E-state index in [1.54, 1.807) is 7.11 Å². The summed E-state index contributed by atoms with van der Waals surface area (Å²) in [5.74, 6) is 0.881. The molecule has 0 atom stereocenters. The summed E-state index contributed by atoms with van der Waals surface area (Å²) < 4.78 is 5.23. The molecule has 0 spiro atoms. The zero-order valence-corrected chi connectivity index (χ0v) is 15.0. The van der Waals surface area contributed by atoms with Crippen molar-refractivity contribution in [1.82, 2.24) is 0 Å². The third kappa shape index (κ3) is 3.83. The fourth-order valence-corrected chi connectivity index (χ4v) is 3.12. The second-order valence-corrected chi connectivity index (χ2v) is 6.18. The first kappa shape index (κ1) is 17.0. The summed E-state index contributed by atoms with van der Waals surface area (Å²) >= 11 is 0. The Hall–Kier alpha value is -2.80. The molecule has 0 N–H and O–H groups in total. The normalized spacial score (nSPS) is 10.5. The van der Waals surface area contributed by atoms with Crippen LogP contribution in [-0.2, 0) is 6.42 Å². The molecule has 0 fully saturated rings. The Morgan fingerprint density at radius 2 is 1.44 bits per heavy atom. The second-order valence-electron chi connectivity index (χ2n) is 6.18. The van der Waals surface area contributed by atoms with Gasteiger partial charge in [0.05, 0.1) is 7.11 Å². The van der Waals surface area contributed by atoms with E-state index in [1.165, 1.54) is 33.4 Å². The first-order valence-corrected chi connectivity index (χ1v) is 8.75. The highest BCUT2D eigenvalue weighted by Gasteiger charge is 2.06. The second kappa shape index (κ2) is 7.85. The van der Waals surface area contributed by atoms with Gasteiger partial charge < -0.3 is 4.74 Å². The molecule has 1 nitrogen and oxygen atoms in total. The van der Waals surface area contributed by atoms with Crippen LogP contribution in [-0.4, -0.2) is 7.11 Å². The molecular weight excluding hydrogens is 304 g/mol. The molecule has 0 bridgehead atoms. The predicted molar refractivity (Wildman–Crippen MR) is 108 cm³/mol. The van der Waals surface area contributed by atoms with Gasteiger partial charge in [0.1, 0.15) is 5.75 Å². The van der Waals surface area contributed by atoms with Gasteiger partial charge in [-0.2, -0.15) is 0 Å². The number of methoxy groups -OCH3 is 1. The van der Waals surface area contributed by atoms with Crippen LogP contribution in [0.15, 0.2) is 73.3 Å². The van der Waals surface area contributed by atoms with E-state index in [-0.39, 0.29) is 0 Å². The lowest BCUT2D eigenvalue weighted by Gasteiger charge is -2.11. The molecule has 0 heterocycles. The molecule has 0 radical (unpaired) electrons. The molecule has 0 saturated carbocycles. The fourth-order valence-electron chi connectivity index (χ4n) is 3.12. The van der Waals surface area contributed by atoms with Crippen molar-refractivity contribution in [2.45, 2.75) is 19.8 Å². The number of hydrogen-bond donors (Lipinski definition) is 0. The Balaban J connectivity index is 1.92. The Bertz CT molecular complexity index is 842. The zero-order chi connectivity index (χ0) is 17.6. The summed E-state index contributed by atoms with van der Waals surface area (Å²) in [6, 6.07) is 23.6. The first-order valence-electron chi connectivity index (χ1n) is 8.75. The minimum atomic E-state index is 0.881. The Morgan fingerprint density at radius 1 is 0.840 bits per heavy atom. The van der Waals surface area contributed by atoms with Crippen LogP contribution in [0.5, 0.6) is 5.75 Å². The number of hydrogen-bond acceptors (Lipinski definition) is 1. The molecule has 0 saturated heterocycles. The Morgan fingerprint density at radius 3 is 2.00 bits per heavy atom. The SMILES string of the molecule is C=Cc1ccc(-c2ccc(-c3ccc(OC)cc3)cc2)c(CCC)c1. The lowest BCUT2D eigenvalue weighted by molar-refractivity contribution is 0.415. The maximum Gasteiger partial charge on any atom is 0.118 e. The summed E-state index contributed by atoms with van der Waals surface area (Å²) in [5.41, 5.74) is 7.55. The van der Waals surface area contributed by atoms with Crippen molar-refractivity contribution < 1.29 is 4.74 Å². The minimum Gasteiger partial charge on any atom is -0.497 e. The van der Waals surface area contributed by atoms with E-state index in [4.69, 9.17) is 4.74 Å². The van der Waals surface area contributed by atoms with E-state index in [0.29, 0.717) is 0 Å². The van der Waals surface area contributed by atoms with E-state index < -0.39 is 0 Å². The minimum absolute atomic E-state index is 0.881. The molecule has 0 unspecified atom stereocenters. The maximum absolute atomic E-state index is 5.23. The molecule has 1 heteroatoms. The van der Waals surface area contributed by atoms with Gasteiger partial charge in [0, 0.05) is 0 Å². The van der Waals surface area contributed by atoms with Gasteiger partial charge in [0.15, 0.2) is 0 Å². The highest BCUT2D eigenvalue weighted by molar-refractivity contribution is 5.73. The van der Waals surface area contributed by atoms with Crippen molar-refractivity contribution in [2.75, 3.05) is 7.11 Å². The number of benzene rings is 3. The Labute approximate surface area is 150 Å². The van der Waals surface area contributed by atoms with Gasteiger partial charge in [-0.05, 0) is 51.9 Å². The van der Waals surface area contributed by atoms with Gasteiger partial charge in [0.2, 0.25) is 0 Å². The molecule has 0 aromatic heterocycles. The van der Waals surface area contributed by atoms with E-state index >= 15 is 0 Å². The average Bonchev–Trinajstić information content (AvgIpc) is 2.68. The molecular formula is C24H24O. The van der Waals surface area contributed by atoms with Gasteiger partial charge in [-0.3, -0.25) is 0 Å². The highest BCUT2D eigenvalue weighted by Crippen LogP contribution is 2.29. The number of rotatable bonds is 6. The largest absolute Gasteiger partial charge is 0.497 e.